The van der Waals surface area contributed by atoms with E-state index in [0.717, 1.165) is 12.8 Å². The molecule has 0 heterocycles. The summed E-state index contributed by atoms with van der Waals surface area (Å²) in [6.45, 7) is 5.78. The highest BCUT2D eigenvalue weighted by atomic mass is 35.5. The molecule has 150 valence electrons. The fraction of sp³-hybridized carbons (Fsp3) is 0.600. The van der Waals surface area contributed by atoms with E-state index in [9.17, 15) is 9.59 Å². The summed E-state index contributed by atoms with van der Waals surface area (Å²) in [6, 6.07) is 3.24. The van der Waals surface area contributed by atoms with E-state index in [4.69, 9.17) is 21.1 Å². The molecule has 0 unspecified atom stereocenters. The maximum atomic E-state index is 13.2. The molecule has 27 heavy (non-hydrogen) atoms. The number of amides is 2. The van der Waals surface area contributed by atoms with Crippen LogP contribution < -0.4 is 20.1 Å². The Morgan fingerprint density at radius 2 is 1.70 bits per heavy atom. The van der Waals surface area contributed by atoms with E-state index in [2.05, 4.69) is 10.6 Å². The molecular formula is C20H29ClN2O4. The fourth-order valence-electron chi connectivity index (χ4n) is 3.52. The van der Waals surface area contributed by atoms with Crippen molar-refractivity contribution in [2.45, 2.75) is 58.4 Å². The van der Waals surface area contributed by atoms with Gasteiger partial charge in [0.05, 0.1) is 30.3 Å². The highest BCUT2D eigenvalue weighted by Crippen LogP contribution is 2.43. The summed E-state index contributed by atoms with van der Waals surface area (Å²) in [7, 11) is 3.02. The predicted octanol–water partition coefficient (Wildman–Crippen LogP) is 4.16. The van der Waals surface area contributed by atoms with Gasteiger partial charge in [-0.1, -0.05) is 24.4 Å². The molecule has 0 spiro atoms. The van der Waals surface area contributed by atoms with Crippen molar-refractivity contribution in [3.8, 4) is 11.5 Å². The van der Waals surface area contributed by atoms with Crippen molar-refractivity contribution in [1.82, 2.24) is 5.32 Å². The molecule has 0 aromatic heterocycles. The number of hydrogen-bond acceptors (Lipinski definition) is 4. The van der Waals surface area contributed by atoms with Gasteiger partial charge in [-0.3, -0.25) is 9.59 Å². The number of carbonyl (C=O) groups is 2. The predicted molar refractivity (Wildman–Crippen MR) is 107 cm³/mol. The molecule has 2 rings (SSSR count). The average Bonchev–Trinajstić information content (AvgIpc) is 3.03. The van der Waals surface area contributed by atoms with Crippen LogP contribution in [0, 0.1) is 5.41 Å². The number of methoxy groups -OCH3 is 2. The van der Waals surface area contributed by atoms with Crippen molar-refractivity contribution < 1.29 is 19.1 Å². The summed E-state index contributed by atoms with van der Waals surface area (Å²) in [5.74, 6) is 0.604. The Morgan fingerprint density at radius 1 is 1.11 bits per heavy atom. The first-order valence-corrected chi connectivity index (χ1v) is 9.52. The number of halogens is 1. The zero-order valence-corrected chi connectivity index (χ0v) is 17.5. The molecule has 1 aromatic carbocycles. The highest BCUT2D eigenvalue weighted by molar-refractivity contribution is 6.32. The summed E-state index contributed by atoms with van der Waals surface area (Å²) >= 11 is 6.13. The Labute approximate surface area is 165 Å². The smallest absolute Gasteiger partial charge is 0.231 e. The van der Waals surface area contributed by atoms with Crippen molar-refractivity contribution in [3.05, 3.63) is 17.2 Å². The van der Waals surface area contributed by atoms with Crippen LogP contribution in [0.5, 0.6) is 11.5 Å². The molecule has 1 aliphatic rings. The van der Waals surface area contributed by atoms with Crippen LogP contribution in [0.1, 0.15) is 52.9 Å². The Morgan fingerprint density at radius 3 is 2.22 bits per heavy atom. The van der Waals surface area contributed by atoms with Crippen molar-refractivity contribution in [1.29, 1.82) is 0 Å². The molecule has 7 heteroatoms. The summed E-state index contributed by atoms with van der Waals surface area (Å²) in [5.41, 5.74) is -0.570. The van der Waals surface area contributed by atoms with Crippen molar-refractivity contribution >= 4 is 29.1 Å². The SMILES string of the molecule is COc1cc(NC(=O)C2(CC(=O)NC(C)(C)C)CCCC2)c(OC)cc1Cl. The molecule has 0 aliphatic heterocycles. The zero-order valence-electron chi connectivity index (χ0n) is 16.7. The standard InChI is InChI=1S/C20H29ClN2O4/c1-19(2,3)23-17(24)12-20(8-6-7-9-20)18(25)22-14-11-15(26-4)13(21)10-16(14)27-5/h10-11H,6-9,12H2,1-5H3,(H,22,25)(H,23,24). The van der Waals surface area contributed by atoms with Crippen LogP contribution in [0.3, 0.4) is 0 Å². The van der Waals surface area contributed by atoms with Crippen LogP contribution in [0.15, 0.2) is 12.1 Å². The van der Waals surface area contributed by atoms with Crippen LogP contribution in [0.25, 0.3) is 0 Å². The average molecular weight is 397 g/mol. The quantitative estimate of drug-likeness (QED) is 0.756. The number of carbonyl (C=O) groups excluding carboxylic acids is 2. The Bertz CT molecular complexity index is 707. The van der Waals surface area contributed by atoms with Gasteiger partial charge in [0, 0.05) is 24.1 Å². The third kappa shape index (κ3) is 5.28. The van der Waals surface area contributed by atoms with Gasteiger partial charge in [0.25, 0.3) is 0 Å². The lowest BCUT2D eigenvalue weighted by Gasteiger charge is -2.29. The van der Waals surface area contributed by atoms with Crippen molar-refractivity contribution in [2.75, 3.05) is 19.5 Å². The second-order valence-corrected chi connectivity index (χ2v) is 8.51. The summed E-state index contributed by atoms with van der Waals surface area (Å²) in [5, 5.41) is 6.28. The van der Waals surface area contributed by atoms with E-state index >= 15 is 0 Å². The molecule has 2 N–H and O–H groups in total. The first-order valence-electron chi connectivity index (χ1n) is 9.14. The third-order valence-corrected chi connectivity index (χ3v) is 5.07. The topological polar surface area (TPSA) is 76.7 Å². The molecule has 2 amide bonds. The molecule has 0 bridgehead atoms. The van der Waals surface area contributed by atoms with Gasteiger partial charge >= 0.3 is 0 Å². The van der Waals surface area contributed by atoms with Gasteiger partial charge in [-0.05, 0) is 33.6 Å². The largest absolute Gasteiger partial charge is 0.495 e. The van der Waals surface area contributed by atoms with Gasteiger partial charge in [-0.25, -0.2) is 0 Å². The lowest BCUT2D eigenvalue weighted by Crippen LogP contribution is -2.45. The molecule has 0 radical (unpaired) electrons. The van der Waals surface area contributed by atoms with Gasteiger partial charge in [0.15, 0.2) is 0 Å². The molecule has 1 aromatic rings. The monoisotopic (exact) mass is 396 g/mol. The molecule has 1 fully saturated rings. The maximum absolute atomic E-state index is 13.2. The van der Waals surface area contributed by atoms with E-state index in [-0.39, 0.29) is 23.8 Å². The normalized spacial score (nSPS) is 15.9. The molecule has 6 nitrogen and oxygen atoms in total. The molecular weight excluding hydrogens is 368 g/mol. The Hall–Kier alpha value is -1.95. The van der Waals surface area contributed by atoms with E-state index < -0.39 is 5.41 Å². The second-order valence-electron chi connectivity index (χ2n) is 8.10. The fourth-order valence-corrected chi connectivity index (χ4v) is 3.75. The van der Waals surface area contributed by atoms with Crippen molar-refractivity contribution in [2.24, 2.45) is 5.41 Å². The summed E-state index contributed by atoms with van der Waals surface area (Å²) in [4.78, 5) is 25.7. The van der Waals surface area contributed by atoms with Crippen LogP contribution in [-0.2, 0) is 9.59 Å². The first kappa shape index (κ1) is 21.4. The van der Waals surface area contributed by atoms with Gasteiger partial charge in [0.2, 0.25) is 11.8 Å². The van der Waals surface area contributed by atoms with E-state index in [1.165, 1.54) is 14.2 Å². The number of hydrogen-bond donors (Lipinski definition) is 2. The maximum Gasteiger partial charge on any atom is 0.231 e. The Balaban J connectivity index is 2.24. The number of benzene rings is 1. The second kappa shape index (κ2) is 8.38. The van der Waals surface area contributed by atoms with Crippen LogP contribution >= 0.6 is 11.6 Å². The van der Waals surface area contributed by atoms with Gasteiger partial charge < -0.3 is 20.1 Å². The molecule has 0 saturated heterocycles. The highest BCUT2D eigenvalue weighted by Gasteiger charge is 2.43. The van der Waals surface area contributed by atoms with E-state index in [1.807, 2.05) is 20.8 Å². The van der Waals surface area contributed by atoms with Crippen LogP contribution in [-0.4, -0.2) is 31.6 Å². The van der Waals surface area contributed by atoms with Crippen molar-refractivity contribution in [3.63, 3.8) is 0 Å². The number of rotatable bonds is 6. The van der Waals surface area contributed by atoms with E-state index in [1.54, 1.807) is 12.1 Å². The van der Waals surface area contributed by atoms with Gasteiger partial charge in [-0.15, -0.1) is 0 Å². The zero-order chi connectivity index (χ0) is 20.2. The van der Waals surface area contributed by atoms with Crippen LogP contribution in [0.4, 0.5) is 5.69 Å². The molecule has 1 aliphatic carbocycles. The van der Waals surface area contributed by atoms with Crippen LogP contribution in [0.2, 0.25) is 5.02 Å². The van der Waals surface area contributed by atoms with Gasteiger partial charge in [-0.2, -0.15) is 0 Å². The Kier molecular flexibility index (Phi) is 6.63. The molecule has 0 atom stereocenters. The number of ether oxygens (including phenoxy) is 2. The number of nitrogens with one attached hydrogen (secondary N) is 2. The number of anilines is 1. The summed E-state index contributed by atoms with van der Waals surface area (Å²) < 4.78 is 10.6. The minimum atomic E-state index is -0.715. The lowest BCUT2D eigenvalue weighted by molar-refractivity contribution is -0.133. The third-order valence-electron chi connectivity index (χ3n) is 4.78. The minimum absolute atomic E-state index is 0.111. The van der Waals surface area contributed by atoms with Gasteiger partial charge in [0.1, 0.15) is 11.5 Å². The minimum Gasteiger partial charge on any atom is -0.495 e. The molecule has 1 saturated carbocycles. The summed E-state index contributed by atoms with van der Waals surface area (Å²) in [6.07, 6.45) is 3.39. The first-order chi connectivity index (χ1) is 12.6. The van der Waals surface area contributed by atoms with E-state index in [0.29, 0.717) is 35.1 Å². The lowest BCUT2D eigenvalue weighted by atomic mass is 9.81.